The molecule has 0 aromatic heterocycles. The number of hydrogen-bond donors (Lipinski definition) is 1. The van der Waals surface area contributed by atoms with Crippen LogP contribution in [0.2, 0.25) is 0 Å². The maximum Gasteiger partial charge on any atom is 0.241 e. The van der Waals surface area contributed by atoms with Gasteiger partial charge in [-0.3, -0.25) is 4.79 Å². The lowest BCUT2D eigenvalue weighted by Gasteiger charge is -2.27. The van der Waals surface area contributed by atoms with Crippen molar-refractivity contribution < 1.29 is 4.79 Å². The summed E-state index contributed by atoms with van der Waals surface area (Å²) in [6, 6.07) is 6.01. The van der Waals surface area contributed by atoms with Crippen LogP contribution in [0.4, 0.5) is 5.69 Å². The largest absolute Gasteiger partial charge is 0.362 e. The third-order valence-electron chi connectivity index (χ3n) is 2.92. The monoisotopic (exact) mass is 327 g/mol. The van der Waals surface area contributed by atoms with Crippen molar-refractivity contribution in [3.05, 3.63) is 28.2 Å². The number of amides is 1. The first-order valence-electron chi connectivity index (χ1n) is 6.43. The second-order valence-corrected chi connectivity index (χ2v) is 5.60. The number of likely N-dealkylation sites (N-methyl/N-ethyl adjacent to an activating group) is 1. The van der Waals surface area contributed by atoms with Crippen molar-refractivity contribution in [2.24, 2.45) is 5.73 Å². The van der Waals surface area contributed by atoms with Crippen molar-refractivity contribution in [3.63, 3.8) is 0 Å². The van der Waals surface area contributed by atoms with Gasteiger partial charge in [-0.05, 0) is 30.2 Å². The zero-order valence-corrected chi connectivity index (χ0v) is 13.4. The van der Waals surface area contributed by atoms with Gasteiger partial charge < -0.3 is 15.5 Å². The second kappa shape index (κ2) is 7.50. The number of hydrogen-bond acceptors (Lipinski definition) is 3. The number of halogens is 1. The zero-order valence-electron chi connectivity index (χ0n) is 11.8. The zero-order chi connectivity index (χ0) is 14.4. The Hall–Kier alpha value is -1.07. The molecule has 0 unspecified atom stereocenters. The van der Waals surface area contributed by atoms with Gasteiger partial charge in [0, 0.05) is 37.3 Å². The first kappa shape index (κ1) is 16.0. The van der Waals surface area contributed by atoms with E-state index in [0.717, 1.165) is 28.7 Å². The summed E-state index contributed by atoms with van der Waals surface area (Å²) in [5.41, 5.74) is 7.90. The minimum Gasteiger partial charge on any atom is -0.362 e. The fraction of sp³-hybridized carbons (Fsp3) is 0.500. The Morgan fingerprint density at radius 3 is 2.58 bits per heavy atom. The molecule has 0 radical (unpaired) electrons. The van der Waals surface area contributed by atoms with E-state index < -0.39 is 0 Å². The third-order valence-corrected chi connectivity index (χ3v) is 3.41. The molecular formula is C14H22BrN3O. The molecule has 0 aliphatic carbocycles. The maximum atomic E-state index is 11.9. The molecule has 0 atom stereocenters. The lowest BCUT2D eigenvalue weighted by atomic mass is 10.1. The number of carbonyl (C=O) groups is 1. The predicted octanol–water partition coefficient (Wildman–Crippen LogP) is 2.21. The van der Waals surface area contributed by atoms with Crippen LogP contribution >= 0.6 is 15.9 Å². The minimum atomic E-state index is 0.0966. The fourth-order valence-corrected chi connectivity index (χ4v) is 2.29. The summed E-state index contributed by atoms with van der Waals surface area (Å²) in [7, 11) is 3.55. The van der Waals surface area contributed by atoms with Crippen molar-refractivity contribution in [3.8, 4) is 0 Å². The molecule has 4 nitrogen and oxygen atoms in total. The van der Waals surface area contributed by atoms with E-state index in [1.54, 1.807) is 19.0 Å². The van der Waals surface area contributed by atoms with E-state index in [1.165, 1.54) is 0 Å². The minimum absolute atomic E-state index is 0.0966. The number of nitrogens with zero attached hydrogens (tertiary/aromatic N) is 2. The highest BCUT2D eigenvalue weighted by Crippen LogP contribution is 2.24. The second-order valence-electron chi connectivity index (χ2n) is 4.69. The van der Waals surface area contributed by atoms with E-state index in [0.29, 0.717) is 13.1 Å². The van der Waals surface area contributed by atoms with Crippen LogP contribution < -0.4 is 10.6 Å². The Bertz CT molecular complexity index is 435. The van der Waals surface area contributed by atoms with Crippen LogP contribution in [0.15, 0.2) is 22.7 Å². The quantitative estimate of drug-likeness (QED) is 0.871. The molecule has 0 spiro atoms. The summed E-state index contributed by atoms with van der Waals surface area (Å²) in [6.45, 7) is 3.79. The highest BCUT2D eigenvalue weighted by Gasteiger charge is 2.15. The van der Waals surface area contributed by atoms with Crippen molar-refractivity contribution in [1.29, 1.82) is 0 Å². The molecule has 2 N–H and O–H groups in total. The lowest BCUT2D eigenvalue weighted by molar-refractivity contribution is -0.127. The van der Waals surface area contributed by atoms with E-state index in [4.69, 9.17) is 5.73 Å². The van der Waals surface area contributed by atoms with Crippen molar-refractivity contribution in [1.82, 2.24) is 4.90 Å². The van der Waals surface area contributed by atoms with Gasteiger partial charge in [-0.25, -0.2) is 0 Å². The van der Waals surface area contributed by atoms with Crippen molar-refractivity contribution in [2.75, 3.05) is 32.1 Å². The number of rotatable bonds is 6. The van der Waals surface area contributed by atoms with Crippen LogP contribution in [0.5, 0.6) is 0 Å². The van der Waals surface area contributed by atoms with Gasteiger partial charge >= 0.3 is 0 Å². The molecule has 5 heteroatoms. The fourth-order valence-electron chi connectivity index (χ4n) is 1.89. The normalized spacial score (nSPS) is 10.4. The average Bonchev–Trinajstić information content (AvgIpc) is 2.37. The summed E-state index contributed by atoms with van der Waals surface area (Å²) in [5, 5.41) is 0. The molecule has 1 aromatic rings. The number of nitrogens with two attached hydrogens (primary N) is 1. The summed E-state index contributed by atoms with van der Waals surface area (Å²) < 4.78 is 1.01. The number of benzene rings is 1. The van der Waals surface area contributed by atoms with Gasteiger partial charge in [0.25, 0.3) is 0 Å². The van der Waals surface area contributed by atoms with E-state index in [2.05, 4.69) is 27.8 Å². The molecule has 1 amide bonds. The molecule has 0 saturated carbocycles. The smallest absolute Gasteiger partial charge is 0.241 e. The molecule has 0 heterocycles. The molecule has 0 aliphatic heterocycles. The summed E-state index contributed by atoms with van der Waals surface area (Å²) in [5.74, 6) is 0.0966. The number of carbonyl (C=O) groups excluding carboxylic acids is 1. The molecule has 0 saturated heterocycles. The molecule has 0 fully saturated rings. The standard InChI is InChI=1S/C14H22BrN3O/c1-4-7-18(10-14(19)17(2)3)13-6-5-12(15)8-11(13)9-16/h5-6,8H,4,7,9-10,16H2,1-3H3. The predicted molar refractivity (Wildman–Crippen MR) is 83.2 cm³/mol. The van der Waals surface area contributed by atoms with E-state index in [1.807, 2.05) is 18.2 Å². The lowest BCUT2D eigenvalue weighted by Crippen LogP contribution is -2.37. The van der Waals surface area contributed by atoms with Gasteiger partial charge in [0.2, 0.25) is 5.91 Å². The Morgan fingerprint density at radius 2 is 2.05 bits per heavy atom. The van der Waals surface area contributed by atoms with Gasteiger partial charge in [0.05, 0.1) is 6.54 Å². The summed E-state index contributed by atoms with van der Waals surface area (Å²) in [4.78, 5) is 15.6. The Balaban J connectivity index is 3.01. The molecule has 1 aromatic carbocycles. The van der Waals surface area contributed by atoms with Gasteiger partial charge in [-0.15, -0.1) is 0 Å². The Kier molecular flexibility index (Phi) is 6.31. The van der Waals surface area contributed by atoms with E-state index >= 15 is 0 Å². The first-order valence-corrected chi connectivity index (χ1v) is 7.22. The number of anilines is 1. The van der Waals surface area contributed by atoms with Crippen LogP contribution in [-0.4, -0.2) is 38.0 Å². The molecule has 0 aliphatic rings. The summed E-state index contributed by atoms with van der Waals surface area (Å²) >= 11 is 3.45. The van der Waals surface area contributed by atoms with Crippen LogP contribution in [0, 0.1) is 0 Å². The summed E-state index contributed by atoms with van der Waals surface area (Å²) in [6.07, 6.45) is 0.987. The van der Waals surface area contributed by atoms with Crippen LogP contribution in [0.3, 0.4) is 0 Å². The highest BCUT2D eigenvalue weighted by atomic mass is 79.9. The molecule has 19 heavy (non-hydrogen) atoms. The maximum absolute atomic E-state index is 11.9. The first-order chi connectivity index (χ1) is 8.99. The average molecular weight is 328 g/mol. The van der Waals surface area contributed by atoms with Crippen LogP contribution in [0.1, 0.15) is 18.9 Å². The third kappa shape index (κ3) is 4.51. The van der Waals surface area contributed by atoms with Gasteiger partial charge in [0.1, 0.15) is 0 Å². The van der Waals surface area contributed by atoms with E-state index in [-0.39, 0.29) is 5.91 Å². The topological polar surface area (TPSA) is 49.6 Å². The SMILES string of the molecule is CCCN(CC(=O)N(C)C)c1ccc(Br)cc1CN. The van der Waals surface area contributed by atoms with Gasteiger partial charge in [-0.1, -0.05) is 22.9 Å². The highest BCUT2D eigenvalue weighted by molar-refractivity contribution is 9.10. The van der Waals surface area contributed by atoms with Crippen molar-refractivity contribution in [2.45, 2.75) is 19.9 Å². The Labute approximate surface area is 123 Å². The van der Waals surface area contributed by atoms with Gasteiger partial charge in [-0.2, -0.15) is 0 Å². The molecular weight excluding hydrogens is 306 g/mol. The van der Waals surface area contributed by atoms with Gasteiger partial charge in [0.15, 0.2) is 0 Å². The van der Waals surface area contributed by atoms with E-state index in [9.17, 15) is 4.79 Å². The van der Waals surface area contributed by atoms with Crippen molar-refractivity contribution >= 4 is 27.5 Å². The van der Waals surface area contributed by atoms with Crippen LogP contribution in [0.25, 0.3) is 0 Å². The van der Waals surface area contributed by atoms with Crippen LogP contribution in [-0.2, 0) is 11.3 Å². The molecule has 1 rings (SSSR count). The molecule has 106 valence electrons. The molecule has 0 bridgehead atoms. The Morgan fingerprint density at radius 1 is 1.37 bits per heavy atom.